The zero-order valence-corrected chi connectivity index (χ0v) is 13.2. The molecule has 1 aromatic heterocycles. The third kappa shape index (κ3) is 3.12. The van der Waals surface area contributed by atoms with Gasteiger partial charge in [-0.15, -0.1) is 0 Å². The standard InChI is InChI=1S/C16H15ClF3N3O/c17-11-3-10(5-22-6-11)9-1-2-13(18)12(4-9)16(15(19)20)8-23-7-14(21)24-16/h1-6,14-15,23H,7-8,21H2. The van der Waals surface area contributed by atoms with E-state index in [1.54, 1.807) is 6.07 Å². The van der Waals surface area contributed by atoms with Gasteiger partial charge in [0, 0.05) is 36.6 Å². The van der Waals surface area contributed by atoms with E-state index in [4.69, 9.17) is 22.1 Å². The van der Waals surface area contributed by atoms with E-state index in [0.29, 0.717) is 16.1 Å². The van der Waals surface area contributed by atoms with Crippen molar-refractivity contribution in [2.24, 2.45) is 5.73 Å². The molecule has 3 rings (SSSR count). The second-order valence-corrected chi connectivity index (χ2v) is 6.00. The minimum absolute atomic E-state index is 0.216. The van der Waals surface area contributed by atoms with Gasteiger partial charge < -0.3 is 15.8 Å². The van der Waals surface area contributed by atoms with E-state index in [0.717, 1.165) is 6.07 Å². The molecule has 0 radical (unpaired) electrons. The maximum absolute atomic E-state index is 14.4. The van der Waals surface area contributed by atoms with Crippen LogP contribution in [0.25, 0.3) is 11.1 Å². The van der Waals surface area contributed by atoms with Crippen molar-refractivity contribution in [3.05, 3.63) is 53.1 Å². The summed E-state index contributed by atoms with van der Waals surface area (Å²) in [6.07, 6.45) is -0.949. The van der Waals surface area contributed by atoms with Crippen LogP contribution in [-0.4, -0.2) is 30.7 Å². The summed E-state index contributed by atoms with van der Waals surface area (Å²) in [5.74, 6) is -0.787. The maximum Gasteiger partial charge on any atom is 0.272 e. The number of morpholine rings is 1. The van der Waals surface area contributed by atoms with Crippen LogP contribution in [0.2, 0.25) is 5.02 Å². The molecule has 0 amide bonds. The fourth-order valence-electron chi connectivity index (χ4n) is 2.76. The number of halogens is 4. The number of pyridine rings is 1. The lowest BCUT2D eigenvalue weighted by Gasteiger charge is -2.40. The zero-order chi connectivity index (χ0) is 17.3. The van der Waals surface area contributed by atoms with Crippen LogP contribution < -0.4 is 11.1 Å². The van der Waals surface area contributed by atoms with E-state index in [-0.39, 0.29) is 18.7 Å². The molecule has 3 N–H and O–H groups in total. The van der Waals surface area contributed by atoms with Crippen molar-refractivity contribution in [1.29, 1.82) is 0 Å². The first-order valence-electron chi connectivity index (χ1n) is 7.25. The number of nitrogens with one attached hydrogen (secondary N) is 1. The highest BCUT2D eigenvalue weighted by atomic mass is 35.5. The largest absolute Gasteiger partial charge is 0.344 e. The van der Waals surface area contributed by atoms with Crippen molar-refractivity contribution >= 4 is 11.6 Å². The van der Waals surface area contributed by atoms with Gasteiger partial charge in [-0.3, -0.25) is 4.98 Å². The van der Waals surface area contributed by atoms with Crippen LogP contribution in [0.4, 0.5) is 13.2 Å². The molecule has 0 saturated carbocycles. The van der Waals surface area contributed by atoms with Crippen molar-refractivity contribution in [1.82, 2.24) is 10.3 Å². The summed E-state index contributed by atoms with van der Waals surface area (Å²) in [5.41, 5.74) is 4.32. The summed E-state index contributed by atoms with van der Waals surface area (Å²) in [7, 11) is 0. The highest BCUT2D eigenvalue weighted by Crippen LogP contribution is 2.38. The van der Waals surface area contributed by atoms with Gasteiger partial charge in [-0.2, -0.15) is 0 Å². The molecule has 0 bridgehead atoms. The minimum atomic E-state index is -2.96. The predicted molar refractivity (Wildman–Crippen MR) is 84.3 cm³/mol. The average Bonchev–Trinajstić information content (AvgIpc) is 2.55. The van der Waals surface area contributed by atoms with Gasteiger partial charge in [0.1, 0.15) is 12.0 Å². The van der Waals surface area contributed by atoms with E-state index in [9.17, 15) is 13.2 Å². The topological polar surface area (TPSA) is 60.2 Å². The first-order chi connectivity index (χ1) is 11.4. The summed E-state index contributed by atoms with van der Waals surface area (Å²) in [6.45, 7) is -0.0273. The Morgan fingerprint density at radius 2 is 2.08 bits per heavy atom. The Labute approximate surface area is 141 Å². The number of rotatable bonds is 3. The van der Waals surface area contributed by atoms with Gasteiger partial charge >= 0.3 is 0 Å². The van der Waals surface area contributed by atoms with Crippen LogP contribution in [0.3, 0.4) is 0 Å². The van der Waals surface area contributed by atoms with Gasteiger partial charge in [0.2, 0.25) is 0 Å². The molecule has 1 saturated heterocycles. The average molecular weight is 358 g/mol. The molecule has 2 unspecified atom stereocenters. The molecular weight excluding hydrogens is 343 g/mol. The molecule has 1 fully saturated rings. The number of benzene rings is 1. The Morgan fingerprint density at radius 3 is 2.75 bits per heavy atom. The molecule has 1 aromatic carbocycles. The monoisotopic (exact) mass is 357 g/mol. The molecule has 2 atom stereocenters. The quantitative estimate of drug-likeness (QED) is 0.886. The summed E-state index contributed by atoms with van der Waals surface area (Å²) >= 11 is 5.90. The third-order valence-electron chi connectivity index (χ3n) is 3.91. The molecule has 0 spiro atoms. The van der Waals surface area contributed by atoms with E-state index < -0.39 is 24.1 Å². The summed E-state index contributed by atoms with van der Waals surface area (Å²) < 4.78 is 47.2. The molecule has 1 aliphatic heterocycles. The number of alkyl halides is 2. The smallest absolute Gasteiger partial charge is 0.272 e. The van der Waals surface area contributed by atoms with E-state index in [1.165, 1.54) is 24.5 Å². The van der Waals surface area contributed by atoms with E-state index in [1.807, 2.05) is 0 Å². The highest BCUT2D eigenvalue weighted by Gasteiger charge is 2.48. The molecule has 128 valence electrons. The van der Waals surface area contributed by atoms with Crippen LogP contribution in [-0.2, 0) is 10.3 Å². The predicted octanol–water partition coefficient (Wildman–Crippen LogP) is 2.91. The van der Waals surface area contributed by atoms with Gasteiger partial charge in [0.05, 0.1) is 5.02 Å². The van der Waals surface area contributed by atoms with Crippen molar-refractivity contribution in [3.63, 3.8) is 0 Å². The minimum Gasteiger partial charge on any atom is -0.344 e. The van der Waals surface area contributed by atoms with Gasteiger partial charge in [-0.1, -0.05) is 17.7 Å². The lowest BCUT2D eigenvalue weighted by molar-refractivity contribution is -0.191. The SMILES string of the molecule is NC1CNCC(c2cc(-c3cncc(Cl)c3)ccc2F)(C(F)F)O1. The van der Waals surface area contributed by atoms with Crippen LogP contribution >= 0.6 is 11.6 Å². The second kappa shape index (κ2) is 6.68. The van der Waals surface area contributed by atoms with Gasteiger partial charge in [0.15, 0.2) is 5.60 Å². The van der Waals surface area contributed by atoms with Crippen LogP contribution in [0.1, 0.15) is 5.56 Å². The summed E-state index contributed by atoms with van der Waals surface area (Å²) in [4.78, 5) is 3.95. The first kappa shape index (κ1) is 17.2. The number of hydrogen-bond acceptors (Lipinski definition) is 4. The molecule has 24 heavy (non-hydrogen) atoms. The van der Waals surface area contributed by atoms with Crippen molar-refractivity contribution in [3.8, 4) is 11.1 Å². The van der Waals surface area contributed by atoms with Crippen molar-refractivity contribution < 1.29 is 17.9 Å². The Morgan fingerprint density at radius 1 is 1.29 bits per heavy atom. The lowest BCUT2D eigenvalue weighted by Crippen LogP contribution is -2.58. The van der Waals surface area contributed by atoms with Gasteiger partial charge in [-0.25, -0.2) is 13.2 Å². The Balaban J connectivity index is 2.10. The lowest BCUT2D eigenvalue weighted by atomic mass is 9.89. The number of ether oxygens (including phenoxy) is 1. The van der Waals surface area contributed by atoms with Crippen LogP contribution in [0.5, 0.6) is 0 Å². The molecule has 2 heterocycles. The fourth-order valence-corrected chi connectivity index (χ4v) is 2.93. The van der Waals surface area contributed by atoms with E-state index in [2.05, 4.69) is 10.3 Å². The molecule has 2 aromatic rings. The second-order valence-electron chi connectivity index (χ2n) is 5.56. The van der Waals surface area contributed by atoms with Crippen LogP contribution in [0, 0.1) is 5.82 Å². The van der Waals surface area contributed by atoms with Crippen molar-refractivity contribution in [2.45, 2.75) is 18.3 Å². The van der Waals surface area contributed by atoms with E-state index >= 15 is 0 Å². The van der Waals surface area contributed by atoms with Crippen LogP contribution in [0.15, 0.2) is 36.7 Å². The molecule has 4 nitrogen and oxygen atoms in total. The first-order valence-corrected chi connectivity index (χ1v) is 7.63. The highest BCUT2D eigenvalue weighted by molar-refractivity contribution is 6.30. The number of nitrogens with zero attached hydrogens (tertiary/aromatic N) is 1. The van der Waals surface area contributed by atoms with Gasteiger partial charge in [-0.05, 0) is 23.8 Å². The molecular formula is C16H15ClF3N3O. The fraction of sp³-hybridized carbons (Fsp3) is 0.312. The Bertz CT molecular complexity index is 746. The molecule has 8 heteroatoms. The number of aromatic nitrogens is 1. The summed E-state index contributed by atoms with van der Waals surface area (Å²) in [6, 6.07) is 5.54. The van der Waals surface area contributed by atoms with Gasteiger partial charge in [0.25, 0.3) is 6.43 Å². The Hall–Kier alpha value is -1.67. The summed E-state index contributed by atoms with van der Waals surface area (Å²) in [5, 5.41) is 3.16. The number of nitrogens with two attached hydrogens (primary N) is 1. The third-order valence-corrected chi connectivity index (χ3v) is 4.11. The molecule has 1 aliphatic rings. The molecule has 0 aliphatic carbocycles. The Kier molecular flexibility index (Phi) is 4.78. The van der Waals surface area contributed by atoms with Crippen molar-refractivity contribution in [2.75, 3.05) is 13.1 Å². The number of hydrogen-bond donors (Lipinski definition) is 2. The normalized spacial score (nSPS) is 24.3. The zero-order valence-electron chi connectivity index (χ0n) is 12.5. The maximum atomic E-state index is 14.4.